The van der Waals surface area contributed by atoms with E-state index < -0.39 is 23.5 Å². The molecule has 3 aromatic rings. The lowest BCUT2D eigenvalue weighted by molar-refractivity contribution is -0.143. The maximum absolute atomic E-state index is 13.1. The number of nitrogens with zero attached hydrogens (tertiary/aromatic N) is 2. The summed E-state index contributed by atoms with van der Waals surface area (Å²) in [6.45, 7) is 3.76. The Morgan fingerprint density at radius 1 is 0.969 bits per heavy atom. The van der Waals surface area contributed by atoms with Gasteiger partial charge in [0.25, 0.3) is 5.91 Å². The van der Waals surface area contributed by atoms with Crippen LogP contribution in [0, 0.1) is 0 Å². The van der Waals surface area contributed by atoms with Crippen LogP contribution in [0.5, 0.6) is 0 Å². The van der Waals surface area contributed by atoms with Gasteiger partial charge in [0.05, 0.1) is 23.7 Å². The van der Waals surface area contributed by atoms with Crippen molar-refractivity contribution < 1.29 is 31.1 Å². The highest BCUT2D eigenvalue weighted by atomic mass is 19.4. The second kappa shape index (κ2) is 8.68. The van der Waals surface area contributed by atoms with Crippen LogP contribution in [-0.2, 0) is 12.4 Å². The Kier molecular flexibility index (Phi) is 6.34. The number of alkyl halides is 6. The number of halogens is 6. The molecule has 1 N–H and O–H groups in total. The quantitative estimate of drug-likeness (QED) is 0.472. The average molecular weight is 455 g/mol. The van der Waals surface area contributed by atoms with Gasteiger partial charge in [0, 0.05) is 11.7 Å². The summed E-state index contributed by atoms with van der Waals surface area (Å²) in [6.07, 6.45) is -6.36. The lowest BCUT2D eigenvalue weighted by atomic mass is 9.99. The van der Waals surface area contributed by atoms with Crippen LogP contribution < -0.4 is 5.32 Å². The van der Waals surface area contributed by atoms with E-state index in [1.165, 1.54) is 41.4 Å². The maximum atomic E-state index is 13.1. The van der Waals surface area contributed by atoms with E-state index in [0.29, 0.717) is 17.8 Å². The van der Waals surface area contributed by atoms with E-state index in [0.717, 1.165) is 6.42 Å². The Morgan fingerprint density at radius 2 is 1.53 bits per heavy atom. The highest BCUT2D eigenvalue weighted by molar-refractivity contribution is 5.93. The number of hydrogen-bond acceptors (Lipinski definition) is 2. The molecule has 170 valence electrons. The van der Waals surface area contributed by atoms with Gasteiger partial charge in [-0.1, -0.05) is 19.1 Å². The highest BCUT2D eigenvalue weighted by Gasteiger charge is 2.37. The Balaban J connectivity index is 1.97. The fourth-order valence-electron chi connectivity index (χ4n) is 3.00. The number of benzene rings is 2. The number of hydrogen-bond donors (Lipinski definition) is 1. The van der Waals surface area contributed by atoms with Crippen LogP contribution in [0.3, 0.4) is 0 Å². The van der Waals surface area contributed by atoms with Crippen LogP contribution in [0.25, 0.3) is 16.8 Å². The number of carbonyl (C=O) groups excluding carboxylic acids is 1. The Morgan fingerprint density at radius 3 is 2.03 bits per heavy atom. The molecule has 0 saturated carbocycles. The van der Waals surface area contributed by atoms with Crippen LogP contribution in [0.15, 0.2) is 55.0 Å². The Bertz CT molecular complexity index is 1070. The van der Waals surface area contributed by atoms with Gasteiger partial charge in [-0.3, -0.25) is 9.36 Å². The van der Waals surface area contributed by atoms with Gasteiger partial charge in [-0.2, -0.15) is 26.3 Å². The molecule has 1 atom stereocenters. The molecule has 3 rings (SSSR count). The third-order valence-corrected chi connectivity index (χ3v) is 4.93. The van der Waals surface area contributed by atoms with Crippen molar-refractivity contribution in [3.05, 3.63) is 71.8 Å². The largest absolute Gasteiger partial charge is 0.416 e. The van der Waals surface area contributed by atoms with Gasteiger partial charge >= 0.3 is 12.4 Å². The van der Waals surface area contributed by atoms with E-state index >= 15 is 0 Å². The molecular weight excluding hydrogens is 436 g/mol. The molecule has 1 amide bonds. The van der Waals surface area contributed by atoms with Crippen molar-refractivity contribution in [3.8, 4) is 16.8 Å². The van der Waals surface area contributed by atoms with Crippen molar-refractivity contribution in [1.29, 1.82) is 0 Å². The Labute approximate surface area is 179 Å². The maximum Gasteiger partial charge on any atom is 0.416 e. The minimum absolute atomic E-state index is 0.0584. The van der Waals surface area contributed by atoms with E-state index in [1.54, 1.807) is 0 Å². The molecule has 2 aromatic carbocycles. The molecule has 0 aliphatic rings. The zero-order valence-corrected chi connectivity index (χ0v) is 17.1. The molecule has 0 fully saturated rings. The molecule has 1 aromatic heterocycles. The number of imidazole rings is 1. The van der Waals surface area contributed by atoms with Crippen LogP contribution in [0.4, 0.5) is 26.3 Å². The van der Waals surface area contributed by atoms with E-state index in [2.05, 4.69) is 10.3 Å². The van der Waals surface area contributed by atoms with Crippen molar-refractivity contribution in [2.45, 2.75) is 38.7 Å². The van der Waals surface area contributed by atoms with Gasteiger partial charge in [-0.25, -0.2) is 4.98 Å². The van der Waals surface area contributed by atoms with Crippen LogP contribution >= 0.6 is 0 Å². The predicted molar refractivity (Wildman–Crippen MR) is 106 cm³/mol. The van der Waals surface area contributed by atoms with Crippen molar-refractivity contribution >= 4 is 5.91 Å². The summed E-state index contributed by atoms with van der Waals surface area (Å²) in [5, 5.41) is 2.81. The lowest BCUT2D eigenvalue weighted by Crippen LogP contribution is -2.33. The molecule has 1 unspecified atom stereocenters. The summed E-state index contributed by atoms with van der Waals surface area (Å²) in [5.41, 5.74) is -2.11. The minimum Gasteiger partial charge on any atom is -0.348 e. The number of amides is 1. The zero-order valence-electron chi connectivity index (χ0n) is 17.1. The van der Waals surface area contributed by atoms with Gasteiger partial charge < -0.3 is 5.32 Å². The summed E-state index contributed by atoms with van der Waals surface area (Å²) in [5.74, 6) is -0.353. The molecule has 0 bridgehead atoms. The normalized spacial score (nSPS) is 13.1. The van der Waals surface area contributed by atoms with Crippen molar-refractivity contribution in [1.82, 2.24) is 14.9 Å². The van der Waals surface area contributed by atoms with Crippen molar-refractivity contribution in [2.75, 3.05) is 0 Å². The monoisotopic (exact) mass is 455 g/mol. The van der Waals surface area contributed by atoms with Gasteiger partial charge in [0.2, 0.25) is 0 Å². The standard InChI is InChI=1S/C22H19F6N3O/c1-3-13(2)30-20(32)19-11-29-12-31(19)18-6-4-14(5-7-18)15-8-16(21(23,24)25)10-17(9-15)22(26,27)28/h4-13H,3H2,1-2H3,(H,30,32). The fourth-order valence-corrected chi connectivity index (χ4v) is 3.00. The summed E-state index contributed by atoms with van der Waals surface area (Å²) in [6, 6.07) is 7.14. The molecule has 10 heteroatoms. The topological polar surface area (TPSA) is 46.9 Å². The first-order valence-electron chi connectivity index (χ1n) is 9.63. The summed E-state index contributed by atoms with van der Waals surface area (Å²) in [7, 11) is 0. The Hall–Kier alpha value is -3.30. The first-order chi connectivity index (χ1) is 14.9. The molecule has 0 saturated heterocycles. The molecule has 32 heavy (non-hydrogen) atoms. The molecule has 0 spiro atoms. The van der Waals surface area contributed by atoms with Crippen LogP contribution in [0.1, 0.15) is 41.9 Å². The van der Waals surface area contributed by atoms with E-state index in [9.17, 15) is 31.1 Å². The first kappa shape index (κ1) is 23.4. The summed E-state index contributed by atoms with van der Waals surface area (Å²) < 4.78 is 80.2. The zero-order chi connectivity index (χ0) is 23.7. The SMILES string of the molecule is CCC(C)NC(=O)c1cncn1-c1ccc(-c2cc(C(F)(F)F)cc(C(F)(F)F)c2)cc1. The van der Waals surface area contributed by atoms with E-state index in [4.69, 9.17) is 0 Å². The van der Waals surface area contributed by atoms with Gasteiger partial charge in [-0.05, 0) is 54.8 Å². The van der Waals surface area contributed by atoms with Crippen molar-refractivity contribution in [2.24, 2.45) is 0 Å². The number of nitrogens with one attached hydrogen (secondary N) is 1. The smallest absolute Gasteiger partial charge is 0.348 e. The second-order valence-corrected chi connectivity index (χ2v) is 7.27. The third-order valence-electron chi connectivity index (χ3n) is 4.93. The van der Waals surface area contributed by atoms with Crippen LogP contribution in [0.2, 0.25) is 0 Å². The minimum atomic E-state index is -4.93. The van der Waals surface area contributed by atoms with E-state index in [-0.39, 0.29) is 34.8 Å². The third kappa shape index (κ3) is 5.12. The summed E-state index contributed by atoms with van der Waals surface area (Å²) in [4.78, 5) is 16.4. The number of rotatable bonds is 5. The van der Waals surface area contributed by atoms with Crippen LogP contribution in [-0.4, -0.2) is 21.5 Å². The number of carbonyl (C=O) groups is 1. The predicted octanol–water partition coefficient (Wildman–Crippen LogP) is 6.11. The molecule has 4 nitrogen and oxygen atoms in total. The molecular formula is C22H19F6N3O. The van der Waals surface area contributed by atoms with Gasteiger partial charge in [0.15, 0.2) is 0 Å². The second-order valence-electron chi connectivity index (χ2n) is 7.27. The molecule has 0 aliphatic carbocycles. The summed E-state index contributed by atoms with van der Waals surface area (Å²) >= 11 is 0. The number of aromatic nitrogens is 2. The molecule has 1 heterocycles. The molecule has 0 radical (unpaired) electrons. The fraction of sp³-hybridized carbons (Fsp3) is 0.273. The molecule has 0 aliphatic heterocycles. The first-order valence-corrected chi connectivity index (χ1v) is 9.63. The van der Waals surface area contributed by atoms with E-state index in [1.807, 2.05) is 13.8 Å². The highest BCUT2D eigenvalue weighted by Crippen LogP contribution is 2.38. The van der Waals surface area contributed by atoms with Crippen molar-refractivity contribution in [3.63, 3.8) is 0 Å². The van der Waals surface area contributed by atoms with Gasteiger partial charge in [0.1, 0.15) is 5.69 Å². The van der Waals surface area contributed by atoms with Gasteiger partial charge in [-0.15, -0.1) is 0 Å². The lowest BCUT2D eigenvalue weighted by Gasteiger charge is -2.15. The average Bonchev–Trinajstić information content (AvgIpc) is 3.22.